The molecule has 1 aliphatic heterocycles. The minimum atomic E-state index is -4.66. The number of benzene rings is 1. The Morgan fingerprint density at radius 2 is 2.00 bits per heavy atom. The summed E-state index contributed by atoms with van der Waals surface area (Å²) < 4.78 is 45.8. The number of hydrogen-bond donors (Lipinski definition) is 1. The summed E-state index contributed by atoms with van der Waals surface area (Å²) in [5.74, 6) is -0.155. The van der Waals surface area contributed by atoms with Crippen molar-refractivity contribution in [1.29, 1.82) is 0 Å². The topological polar surface area (TPSA) is 30.5 Å². The average Bonchev–Trinajstić information content (AvgIpc) is 2.27. The van der Waals surface area contributed by atoms with Crippen molar-refractivity contribution in [3.05, 3.63) is 29.8 Å². The van der Waals surface area contributed by atoms with E-state index < -0.39 is 6.36 Å². The molecule has 0 aliphatic carbocycles. The van der Waals surface area contributed by atoms with Gasteiger partial charge in [0.15, 0.2) is 0 Å². The van der Waals surface area contributed by atoms with Gasteiger partial charge >= 0.3 is 6.36 Å². The molecule has 0 radical (unpaired) electrons. The van der Waals surface area contributed by atoms with Gasteiger partial charge in [-0.1, -0.05) is 25.1 Å². The SMILES string of the molecule is CC1(CNCc2ccccc2OC(F)(F)F)COC1. The lowest BCUT2D eigenvalue weighted by Crippen LogP contribution is -2.47. The van der Waals surface area contributed by atoms with Crippen LogP contribution in [0, 0.1) is 5.41 Å². The van der Waals surface area contributed by atoms with E-state index >= 15 is 0 Å². The van der Waals surface area contributed by atoms with Gasteiger partial charge in [0, 0.05) is 24.1 Å². The second-order valence-electron chi connectivity index (χ2n) is 5.06. The molecular weight excluding hydrogens is 259 g/mol. The normalized spacial score (nSPS) is 17.9. The van der Waals surface area contributed by atoms with E-state index in [0.717, 1.165) is 0 Å². The molecule has 1 heterocycles. The predicted octanol–water partition coefficient (Wildman–Crippen LogP) is 2.71. The van der Waals surface area contributed by atoms with Crippen LogP contribution in [0.25, 0.3) is 0 Å². The lowest BCUT2D eigenvalue weighted by atomic mass is 9.89. The van der Waals surface area contributed by atoms with E-state index in [9.17, 15) is 13.2 Å². The number of hydrogen-bond acceptors (Lipinski definition) is 3. The summed E-state index contributed by atoms with van der Waals surface area (Å²) in [4.78, 5) is 0. The highest BCUT2D eigenvalue weighted by Crippen LogP contribution is 2.27. The fourth-order valence-corrected chi connectivity index (χ4v) is 1.93. The fraction of sp³-hybridized carbons (Fsp3) is 0.538. The molecule has 1 aromatic rings. The van der Waals surface area contributed by atoms with Crippen molar-refractivity contribution < 1.29 is 22.6 Å². The van der Waals surface area contributed by atoms with Crippen LogP contribution in [0.2, 0.25) is 0 Å². The van der Waals surface area contributed by atoms with Gasteiger partial charge in [0.25, 0.3) is 0 Å². The van der Waals surface area contributed by atoms with Gasteiger partial charge in [0.2, 0.25) is 0 Å². The number of nitrogens with one attached hydrogen (secondary N) is 1. The van der Waals surface area contributed by atoms with Crippen molar-refractivity contribution in [3.8, 4) is 5.75 Å². The van der Waals surface area contributed by atoms with Crippen molar-refractivity contribution in [2.24, 2.45) is 5.41 Å². The first-order chi connectivity index (χ1) is 8.88. The number of ether oxygens (including phenoxy) is 2. The highest BCUT2D eigenvalue weighted by atomic mass is 19.4. The van der Waals surface area contributed by atoms with Crippen LogP contribution in [0.4, 0.5) is 13.2 Å². The van der Waals surface area contributed by atoms with E-state index in [4.69, 9.17) is 4.74 Å². The van der Waals surface area contributed by atoms with Crippen LogP contribution in [0.5, 0.6) is 5.75 Å². The van der Waals surface area contributed by atoms with E-state index in [0.29, 0.717) is 31.9 Å². The average molecular weight is 275 g/mol. The van der Waals surface area contributed by atoms with Crippen LogP contribution in [0.15, 0.2) is 24.3 Å². The molecule has 1 N–H and O–H groups in total. The lowest BCUT2D eigenvalue weighted by molar-refractivity contribution is -0.274. The lowest BCUT2D eigenvalue weighted by Gasteiger charge is -2.38. The number of rotatable bonds is 5. The molecule has 0 bridgehead atoms. The van der Waals surface area contributed by atoms with E-state index in [1.165, 1.54) is 12.1 Å². The molecule has 0 amide bonds. The fourth-order valence-electron chi connectivity index (χ4n) is 1.93. The zero-order chi connectivity index (χ0) is 13.9. The molecule has 2 rings (SSSR count). The Balaban J connectivity index is 1.92. The second-order valence-corrected chi connectivity index (χ2v) is 5.06. The van der Waals surface area contributed by atoms with Crippen LogP contribution in [-0.2, 0) is 11.3 Å². The Morgan fingerprint density at radius 3 is 2.58 bits per heavy atom. The molecule has 0 unspecified atom stereocenters. The Hall–Kier alpha value is -1.27. The molecule has 1 aromatic carbocycles. The quantitative estimate of drug-likeness (QED) is 0.896. The summed E-state index contributed by atoms with van der Waals surface area (Å²) >= 11 is 0. The molecule has 1 aliphatic rings. The minimum absolute atomic E-state index is 0.0832. The second kappa shape index (κ2) is 5.38. The van der Waals surface area contributed by atoms with E-state index in [2.05, 4.69) is 17.0 Å². The first kappa shape index (κ1) is 14.1. The first-order valence-corrected chi connectivity index (χ1v) is 6.00. The zero-order valence-electron chi connectivity index (χ0n) is 10.6. The van der Waals surface area contributed by atoms with Crippen LogP contribution in [-0.4, -0.2) is 26.1 Å². The summed E-state index contributed by atoms with van der Waals surface area (Å²) in [6.45, 7) is 4.47. The third-order valence-corrected chi connectivity index (χ3v) is 2.97. The number of alkyl halides is 3. The Bertz CT molecular complexity index is 430. The van der Waals surface area contributed by atoms with E-state index in [1.807, 2.05) is 0 Å². The third kappa shape index (κ3) is 4.11. The van der Waals surface area contributed by atoms with Gasteiger partial charge in [-0.2, -0.15) is 0 Å². The monoisotopic (exact) mass is 275 g/mol. The molecule has 19 heavy (non-hydrogen) atoms. The highest BCUT2D eigenvalue weighted by Gasteiger charge is 2.33. The highest BCUT2D eigenvalue weighted by molar-refractivity contribution is 5.33. The summed E-state index contributed by atoms with van der Waals surface area (Å²) in [5.41, 5.74) is 0.573. The van der Waals surface area contributed by atoms with Crippen molar-refractivity contribution in [1.82, 2.24) is 5.32 Å². The Labute approximate surface area is 109 Å². The maximum Gasteiger partial charge on any atom is 0.573 e. The number of para-hydroxylation sites is 1. The van der Waals surface area contributed by atoms with Gasteiger partial charge in [-0.25, -0.2) is 0 Å². The molecule has 3 nitrogen and oxygen atoms in total. The van der Waals surface area contributed by atoms with Crippen LogP contribution >= 0.6 is 0 Å². The Morgan fingerprint density at radius 1 is 1.32 bits per heavy atom. The standard InChI is InChI=1S/C13H16F3NO2/c1-12(8-18-9-12)7-17-6-10-4-2-3-5-11(10)19-13(14,15)16/h2-5,17H,6-9H2,1H3. The van der Waals surface area contributed by atoms with Gasteiger partial charge in [-0.05, 0) is 6.07 Å². The van der Waals surface area contributed by atoms with Crippen molar-refractivity contribution >= 4 is 0 Å². The summed E-state index contributed by atoms with van der Waals surface area (Å²) in [7, 11) is 0. The molecule has 1 fully saturated rings. The molecule has 0 spiro atoms. The molecule has 0 atom stereocenters. The smallest absolute Gasteiger partial charge is 0.405 e. The molecule has 106 valence electrons. The molecule has 6 heteroatoms. The molecule has 0 aromatic heterocycles. The maximum atomic E-state index is 12.2. The maximum absolute atomic E-state index is 12.2. The van der Waals surface area contributed by atoms with Crippen LogP contribution in [0.3, 0.4) is 0 Å². The summed E-state index contributed by atoms with van der Waals surface area (Å²) in [6.07, 6.45) is -4.66. The van der Waals surface area contributed by atoms with Gasteiger partial charge in [0.1, 0.15) is 5.75 Å². The van der Waals surface area contributed by atoms with Crippen molar-refractivity contribution in [2.45, 2.75) is 19.8 Å². The van der Waals surface area contributed by atoms with Gasteiger partial charge in [-0.15, -0.1) is 13.2 Å². The van der Waals surface area contributed by atoms with Gasteiger partial charge < -0.3 is 14.8 Å². The first-order valence-electron chi connectivity index (χ1n) is 6.00. The van der Waals surface area contributed by atoms with E-state index in [-0.39, 0.29) is 11.2 Å². The molecule has 0 saturated carbocycles. The van der Waals surface area contributed by atoms with Gasteiger partial charge in [0.05, 0.1) is 13.2 Å². The predicted molar refractivity (Wildman–Crippen MR) is 63.8 cm³/mol. The largest absolute Gasteiger partial charge is 0.573 e. The summed E-state index contributed by atoms with van der Waals surface area (Å²) in [5, 5.41) is 3.14. The van der Waals surface area contributed by atoms with Crippen molar-refractivity contribution in [3.63, 3.8) is 0 Å². The Kier molecular flexibility index (Phi) is 4.01. The number of halogens is 3. The third-order valence-electron chi connectivity index (χ3n) is 2.97. The van der Waals surface area contributed by atoms with Crippen LogP contribution in [0.1, 0.15) is 12.5 Å². The molecular formula is C13H16F3NO2. The van der Waals surface area contributed by atoms with Crippen molar-refractivity contribution in [2.75, 3.05) is 19.8 Å². The summed E-state index contributed by atoms with van der Waals surface area (Å²) in [6, 6.07) is 6.15. The van der Waals surface area contributed by atoms with Gasteiger partial charge in [-0.3, -0.25) is 0 Å². The van der Waals surface area contributed by atoms with E-state index in [1.54, 1.807) is 12.1 Å². The zero-order valence-corrected chi connectivity index (χ0v) is 10.6. The van der Waals surface area contributed by atoms with Crippen LogP contribution < -0.4 is 10.1 Å². The minimum Gasteiger partial charge on any atom is -0.405 e. The molecule has 1 saturated heterocycles.